The van der Waals surface area contributed by atoms with E-state index >= 15 is 0 Å². The van der Waals surface area contributed by atoms with Gasteiger partial charge in [0.15, 0.2) is 0 Å². The summed E-state index contributed by atoms with van der Waals surface area (Å²) in [6.45, 7) is 4.73. The highest BCUT2D eigenvalue weighted by Gasteiger charge is 2.12. The van der Waals surface area contributed by atoms with Crippen molar-refractivity contribution in [1.29, 1.82) is 0 Å². The SMILES string of the molecule is CCN(c1ccccc1)c1nc(C)cc(C(N)=S)n1. The molecule has 5 heteroatoms. The molecule has 0 spiro atoms. The quantitative estimate of drug-likeness (QED) is 0.867. The molecule has 0 amide bonds. The van der Waals surface area contributed by atoms with Gasteiger partial charge in [-0.3, -0.25) is 0 Å². The maximum atomic E-state index is 5.65. The van der Waals surface area contributed by atoms with Crippen LogP contribution in [0.5, 0.6) is 0 Å². The minimum atomic E-state index is 0.288. The third-order valence-electron chi connectivity index (χ3n) is 2.72. The van der Waals surface area contributed by atoms with Crippen molar-refractivity contribution in [2.24, 2.45) is 5.73 Å². The smallest absolute Gasteiger partial charge is 0.230 e. The molecule has 4 nitrogen and oxygen atoms in total. The van der Waals surface area contributed by atoms with Crippen molar-refractivity contribution in [1.82, 2.24) is 9.97 Å². The third kappa shape index (κ3) is 3.06. The first kappa shape index (κ1) is 13.4. The molecule has 2 N–H and O–H groups in total. The number of rotatable bonds is 4. The number of benzene rings is 1. The molecule has 19 heavy (non-hydrogen) atoms. The Labute approximate surface area is 118 Å². The molecule has 2 rings (SSSR count). The Morgan fingerprint density at radius 1 is 1.26 bits per heavy atom. The number of nitrogens with two attached hydrogens (primary N) is 1. The molecule has 0 aliphatic rings. The summed E-state index contributed by atoms with van der Waals surface area (Å²) in [5, 5.41) is 0. The Hall–Kier alpha value is -2.01. The van der Waals surface area contributed by atoms with E-state index in [1.165, 1.54) is 0 Å². The maximum Gasteiger partial charge on any atom is 0.230 e. The molecular weight excluding hydrogens is 256 g/mol. The van der Waals surface area contributed by atoms with Crippen LogP contribution >= 0.6 is 12.2 Å². The number of anilines is 2. The van der Waals surface area contributed by atoms with Crippen LogP contribution < -0.4 is 10.6 Å². The zero-order valence-corrected chi connectivity index (χ0v) is 11.8. The van der Waals surface area contributed by atoms with Crippen molar-refractivity contribution in [3.63, 3.8) is 0 Å². The topological polar surface area (TPSA) is 55.0 Å². The van der Waals surface area contributed by atoms with Gasteiger partial charge in [0, 0.05) is 17.9 Å². The van der Waals surface area contributed by atoms with E-state index in [-0.39, 0.29) is 4.99 Å². The highest BCUT2D eigenvalue weighted by atomic mass is 32.1. The van der Waals surface area contributed by atoms with Gasteiger partial charge in [-0.1, -0.05) is 30.4 Å². The number of nitrogens with zero attached hydrogens (tertiary/aromatic N) is 3. The monoisotopic (exact) mass is 272 g/mol. The van der Waals surface area contributed by atoms with Crippen LogP contribution in [0.4, 0.5) is 11.6 Å². The van der Waals surface area contributed by atoms with Gasteiger partial charge >= 0.3 is 0 Å². The molecule has 2 aromatic rings. The number of aromatic nitrogens is 2. The summed E-state index contributed by atoms with van der Waals surface area (Å²) < 4.78 is 0. The van der Waals surface area contributed by atoms with E-state index in [2.05, 4.69) is 16.9 Å². The van der Waals surface area contributed by atoms with Crippen molar-refractivity contribution in [3.05, 3.63) is 47.8 Å². The normalized spacial score (nSPS) is 10.2. The van der Waals surface area contributed by atoms with Crippen LogP contribution in [0.3, 0.4) is 0 Å². The molecule has 1 aromatic heterocycles. The molecule has 0 aliphatic carbocycles. The molecule has 0 unspecified atom stereocenters. The average molecular weight is 272 g/mol. The minimum Gasteiger partial charge on any atom is -0.388 e. The molecular formula is C14H16N4S. The van der Waals surface area contributed by atoms with Gasteiger partial charge in [0.05, 0.1) is 0 Å². The van der Waals surface area contributed by atoms with Crippen LogP contribution in [-0.4, -0.2) is 21.5 Å². The second-order valence-electron chi connectivity index (χ2n) is 4.14. The molecule has 0 saturated carbocycles. The summed E-state index contributed by atoms with van der Waals surface area (Å²) in [7, 11) is 0. The standard InChI is InChI=1S/C14H16N4S/c1-3-18(11-7-5-4-6-8-11)14-16-10(2)9-12(17-14)13(15)19/h4-9H,3H2,1-2H3,(H2,15,19). The van der Waals surface area contributed by atoms with E-state index in [9.17, 15) is 0 Å². The summed E-state index contributed by atoms with van der Waals surface area (Å²) in [5.74, 6) is 0.622. The van der Waals surface area contributed by atoms with Crippen LogP contribution in [0.1, 0.15) is 18.3 Å². The highest BCUT2D eigenvalue weighted by molar-refractivity contribution is 7.80. The minimum absolute atomic E-state index is 0.288. The molecule has 1 aromatic carbocycles. The van der Waals surface area contributed by atoms with Gasteiger partial charge in [0.25, 0.3) is 0 Å². The number of thiocarbonyl (C=S) groups is 1. The molecule has 0 fully saturated rings. The van der Waals surface area contributed by atoms with Crippen LogP contribution in [-0.2, 0) is 0 Å². The second kappa shape index (κ2) is 5.75. The lowest BCUT2D eigenvalue weighted by Crippen LogP contribution is -2.21. The number of para-hydroxylation sites is 1. The predicted molar refractivity (Wildman–Crippen MR) is 81.8 cm³/mol. The molecule has 0 bridgehead atoms. The lowest BCUT2D eigenvalue weighted by atomic mass is 10.3. The van der Waals surface area contributed by atoms with E-state index in [1.54, 1.807) is 6.07 Å². The molecule has 0 aliphatic heterocycles. The van der Waals surface area contributed by atoms with E-state index in [1.807, 2.05) is 42.2 Å². The van der Waals surface area contributed by atoms with Gasteiger partial charge < -0.3 is 10.6 Å². The van der Waals surface area contributed by atoms with Gasteiger partial charge in [0.1, 0.15) is 10.7 Å². The van der Waals surface area contributed by atoms with Gasteiger partial charge in [-0.15, -0.1) is 0 Å². The third-order valence-corrected chi connectivity index (χ3v) is 2.93. The molecule has 1 heterocycles. The van der Waals surface area contributed by atoms with Gasteiger partial charge in [0.2, 0.25) is 5.95 Å². The number of hydrogen-bond donors (Lipinski definition) is 1. The lowest BCUT2D eigenvalue weighted by Gasteiger charge is -2.21. The maximum absolute atomic E-state index is 5.65. The Morgan fingerprint density at radius 3 is 2.53 bits per heavy atom. The fraction of sp³-hybridized carbons (Fsp3) is 0.214. The van der Waals surface area contributed by atoms with Gasteiger partial charge in [-0.2, -0.15) is 0 Å². The van der Waals surface area contributed by atoms with E-state index in [0.29, 0.717) is 11.6 Å². The Bertz CT molecular complexity index is 583. The van der Waals surface area contributed by atoms with Gasteiger partial charge in [-0.25, -0.2) is 9.97 Å². The van der Waals surface area contributed by atoms with Crippen molar-refractivity contribution in [3.8, 4) is 0 Å². The van der Waals surface area contributed by atoms with E-state index < -0.39 is 0 Å². The second-order valence-corrected chi connectivity index (χ2v) is 4.58. The first-order valence-corrected chi connectivity index (χ1v) is 6.50. The fourth-order valence-electron chi connectivity index (χ4n) is 1.85. The van der Waals surface area contributed by atoms with Crippen LogP contribution in [0, 0.1) is 6.92 Å². The molecule has 0 atom stereocenters. The predicted octanol–water partition coefficient (Wildman–Crippen LogP) is 2.58. The van der Waals surface area contributed by atoms with Crippen molar-refractivity contribution < 1.29 is 0 Å². The highest BCUT2D eigenvalue weighted by Crippen LogP contribution is 2.21. The lowest BCUT2D eigenvalue weighted by molar-refractivity contribution is 0.931. The van der Waals surface area contributed by atoms with Crippen LogP contribution in [0.2, 0.25) is 0 Å². The van der Waals surface area contributed by atoms with E-state index in [0.717, 1.165) is 17.9 Å². The zero-order chi connectivity index (χ0) is 13.8. The zero-order valence-electron chi connectivity index (χ0n) is 11.0. The summed E-state index contributed by atoms with van der Waals surface area (Å²) >= 11 is 4.99. The van der Waals surface area contributed by atoms with Crippen molar-refractivity contribution in [2.45, 2.75) is 13.8 Å². The number of hydrogen-bond acceptors (Lipinski definition) is 4. The van der Waals surface area contributed by atoms with Gasteiger partial charge in [-0.05, 0) is 32.0 Å². The first-order chi connectivity index (χ1) is 9.11. The Balaban J connectivity index is 2.47. The molecule has 0 saturated heterocycles. The largest absolute Gasteiger partial charge is 0.388 e. The van der Waals surface area contributed by atoms with Crippen LogP contribution in [0.25, 0.3) is 0 Å². The van der Waals surface area contributed by atoms with Crippen molar-refractivity contribution in [2.75, 3.05) is 11.4 Å². The van der Waals surface area contributed by atoms with Crippen molar-refractivity contribution >= 4 is 28.8 Å². The number of aryl methyl sites for hydroxylation is 1. The Kier molecular flexibility index (Phi) is 4.06. The molecule has 0 radical (unpaired) electrons. The first-order valence-electron chi connectivity index (χ1n) is 6.10. The summed E-state index contributed by atoms with van der Waals surface area (Å²) in [4.78, 5) is 11.2. The fourth-order valence-corrected chi connectivity index (χ4v) is 1.95. The average Bonchev–Trinajstić information content (AvgIpc) is 2.40. The van der Waals surface area contributed by atoms with Crippen LogP contribution in [0.15, 0.2) is 36.4 Å². The molecule has 98 valence electrons. The summed E-state index contributed by atoms with van der Waals surface area (Å²) in [6.07, 6.45) is 0. The summed E-state index contributed by atoms with van der Waals surface area (Å²) in [5.41, 5.74) is 8.15. The Morgan fingerprint density at radius 2 is 1.95 bits per heavy atom. The van der Waals surface area contributed by atoms with E-state index in [4.69, 9.17) is 18.0 Å². The summed E-state index contributed by atoms with van der Waals surface area (Å²) in [6, 6.07) is 11.8.